The third kappa shape index (κ3) is 3.06. The van der Waals surface area contributed by atoms with Crippen LogP contribution in [0.25, 0.3) is 45.0 Å². The third-order valence-corrected chi connectivity index (χ3v) is 5.05. The van der Waals surface area contributed by atoms with Gasteiger partial charge < -0.3 is 9.97 Å². The lowest BCUT2D eigenvalue weighted by molar-refractivity contribution is 1.36. The van der Waals surface area contributed by atoms with Gasteiger partial charge in [-0.25, -0.2) is 0 Å². The molecule has 0 aliphatic rings. The van der Waals surface area contributed by atoms with Crippen LogP contribution in [0.1, 0.15) is 0 Å². The molecule has 5 rings (SSSR count). The smallest absolute Gasteiger partial charge is 0.0465 e. The first-order valence-corrected chi connectivity index (χ1v) is 9.47. The fraction of sp³-hybridized carbons (Fsp3) is 0. The van der Waals surface area contributed by atoms with Gasteiger partial charge in [-0.2, -0.15) is 0 Å². The zero-order valence-corrected chi connectivity index (χ0v) is 15.4. The Kier molecular flexibility index (Phi) is 4.15. The van der Waals surface area contributed by atoms with E-state index in [9.17, 15) is 0 Å². The molecule has 0 aliphatic carbocycles. The molecular weight excluding hydrogens is 340 g/mol. The van der Waals surface area contributed by atoms with Crippen molar-refractivity contribution in [2.75, 3.05) is 0 Å². The zero-order chi connectivity index (χ0) is 18.8. The van der Waals surface area contributed by atoms with Gasteiger partial charge in [0.2, 0.25) is 0 Å². The second-order valence-corrected chi connectivity index (χ2v) is 6.85. The summed E-state index contributed by atoms with van der Waals surface area (Å²) in [5.41, 5.74) is 9.24. The van der Waals surface area contributed by atoms with Gasteiger partial charge in [0, 0.05) is 33.9 Å². The molecule has 0 atom stereocenters. The standard InChI is InChI=1S/C26H20N2/c1-3-9-19(10-4-1)23-15-17-25(27-23)21-13-7-8-14-22(21)26-18-16-24(28-26)20-11-5-2-6-12-20/h1-18,27-28H. The molecule has 28 heavy (non-hydrogen) atoms. The molecule has 5 aromatic rings. The fourth-order valence-corrected chi connectivity index (χ4v) is 3.63. The van der Waals surface area contributed by atoms with Crippen LogP contribution in [0.15, 0.2) is 109 Å². The Morgan fingerprint density at radius 2 is 0.679 bits per heavy atom. The number of aromatic nitrogens is 2. The molecule has 0 aliphatic heterocycles. The minimum atomic E-state index is 1.12. The Morgan fingerprint density at radius 3 is 1.11 bits per heavy atom. The van der Waals surface area contributed by atoms with E-state index < -0.39 is 0 Å². The first-order chi connectivity index (χ1) is 13.9. The van der Waals surface area contributed by atoms with Crippen molar-refractivity contribution < 1.29 is 0 Å². The molecule has 0 saturated carbocycles. The lowest BCUT2D eigenvalue weighted by Crippen LogP contribution is -1.86. The molecule has 2 aromatic heterocycles. The molecule has 0 spiro atoms. The molecule has 0 amide bonds. The minimum Gasteiger partial charge on any atom is -0.355 e. The molecular formula is C26H20N2. The fourth-order valence-electron chi connectivity index (χ4n) is 3.63. The van der Waals surface area contributed by atoms with Crippen molar-refractivity contribution in [1.82, 2.24) is 9.97 Å². The van der Waals surface area contributed by atoms with E-state index in [1.807, 2.05) is 12.1 Å². The van der Waals surface area contributed by atoms with E-state index in [1.165, 1.54) is 22.3 Å². The number of H-pyrrole nitrogens is 2. The van der Waals surface area contributed by atoms with Crippen molar-refractivity contribution in [2.45, 2.75) is 0 Å². The molecule has 3 aromatic carbocycles. The Labute approximate surface area is 164 Å². The van der Waals surface area contributed by atoms with Crippen molar-refractivity contribution in [2.24, 2.45) is 0 Å². The Morgan fingerprint density at radius 1 is 0.321 bits per heavy atom. The van der Waals surface area contributed by atoms with Gasteiger partial charge in [-0.15, -0.1) is 0 Å². The predicted octanol–water partition coefficient (Wildman–Crippen LogP) is 7.01. The van der Waals surface area contributed by atoms with E-state index in [0.29, 0.717) is 0 Å². The van der Waals surface area contributed by atoms with Crippen LogP contribution in [-0.2, 0) is 0 Å². The maximum atomic E-state index is 3.58. The van der Waals surface area contributed by atoms with Gasteiger partial charge in [0.25, 0.3) is 0 Å². The average molecular weight is 360 g/mol. The van der Waals surface area contributed by atoms with Crippen LogP contribution in [0.5, 0.6) is 0 Å². The molecule has 2 heterocycles. The quantitative estimate of drug-likeness (QED) is 0.345. The van der Waals surface area contributed by atoms with E-state index in [4.69, 9.17) is 0 Å². The van der Waals surface area contributed by atoms with E-state index in [0.717, 1.165) is 22.8 Å². The molecule has 0 bridgehead atoms. The van der Waals surface area contributed by atoms with Crippen molar-refractivity contribution in [3.63, 3.8) is 0 Å². The largest absolute Gasteiger partial charge is 0.355 e. The van der Waals surface area contributed by atoms with Crippen LogP contribution in [-0.4, -0.2) is 9.97 Å². The first kappa shape index (κ1) is 16.4. The van der Waals surface area contributed by atoms with Crippen molar-refractivity contribution in [1.29, 1.82) is 0 Å². The molecule has 0 fully saturated rings. The molecule has 0 saturated heterocycles. The summed E-state index contributed by atoms with van der Waals surface area (Å²) in [6.07, 6.45) is 0. The summed E-state index contributed by atoms with van der Waals surface area (Å²) < 4.78 is 0. The van der Waals surface area contributed by atoms with Gasteiger partial charge in [-0.1, -0.05) is 84.9 Å². The molecule has 2 N–H and O–H groups in total. The summed E-state index contributed by atoms with van der Waals surface area (Å²) in [7, 11) is 0. The summed E-state index contributed by atoms with van der Waals surface area (Å²) in [6.45, 7) is 0. The van der Waals surface area contributed by atoms with Gasteiger partial charge in [-0.05, 0) is 35.4 Å². The van der Waals surface area contributed by atoms with Crippen molar-refractivity contribution in [3.8, 4) is 45.0 Å². The topological polar surface area (TPSA) is 31.6 Å². The van der Waals surface area contributed by atoms with Crippen LogP contribution in [0, 0.1) is 0 Å². The van der Waals surface area contributed by atoms with E-state index in [-0.39, 0.29) is 0 Å². The zero-order valence-electron chi connectivity index (χ0n) is 15.4. The van der Waals surface area contributed by atoms with Crippen LogP contribution < -0.4 is 0 Å². The third-order valence-electron chi connectivity index (χ3n) is 5.05. The van der Waals surface area contributed by atoms with Gasteiger partial charge in [0.15, 0.2) is 0 Å². The predicted molar refractivity (Wildman–Crippen MR) is 117 cm³/mol. The van der Waals surface area contributed by atoms with E-state index in [1.54, 1.807) is 0 Å². The number of benzene rings is 3. The van der Waals surface area contributed by atoms with E-state index >= 15 is 0 Å². The highest BCUT2D eigenvalue weighted by atomic mass is 14.7. The lowest BCUT2D eigenvalue weighted by Gasteiger charge is -2.07. The molecule has 134 valence electrons. The van der Waals surface area contributed by atoms with Crippen LogP contribution in [0.3, 0.4) is 0 Å². The van der Waals surface area contributed by atoms with E-state index in [2.05, 4.69) is 107 Å². The van der Waals surface area contributed by atoms with Gasteiger partial charge >= 0.3 is 0 Å². The maximum Gasteiger partial charge on any atom is 0.0465 e. The Hall–Kier alpha value is -3.78. The highest BCUT2D eigenvalue weighted by Gasteiger charge is 2.11. The first-order valence-electron chi connectivity index (χ1n) is 9.47. The van der Waals surface area contributed by atoms with Crippen LogP contribution in [0.2, 0.25) is 0 Å². The number of rotatable bonds is 4. The minimum absolute atomic E-state index is 1.12. The summed E-state index contributed by atoms with van der Waals surface area (Å²) in [6, 6.07) is 37.9. The second kappa shape index (κ2) is 7.09. The SMILES string of the molecule is c1ccc(-c2ccc(-c3ccccc3-c3ccc(-c4ccccc4)[nH]3)[nH]2)cc1. The average Bonchev–Trinajstić information content (AvgIpc) is 3.45. The van der Waals surface area contributed by atoms with Crippen LogP contribution >= 0.6 is 0 Å². The number of hydrogen-bond donors (Lipinski definition) is 2. The Balaban J connectivity index is 1.54. The summed E-state index contributed by atoms with van der Waals surface area (Å²) in [5.74, 6) is 0. The van der Waals surface area contributed by atoms with Gasteiger partial charge in [0.05, 0.1) is 0 Å². The summed E-state index contributed by atoms with van der Waals surface area (Å²) in [5, 5.41) is 0. The van der Waals surface area contributed by atoms with Crippen molar-refractivity contribution >= 4 is 0 Å². The normalized spacial score (nSPS) is 10.9. The van der Waals surface area contributed by atoms with Crippen molar-refractivity contribution in [3.05, 3.63) is 109 Å². The molecule has 2 nitrogen and oxygen atoms in total. The Bertz CT molecular complexity index is 1100. The lowest BCUT2D eigenvalue weighted by atomic mass is 10.0. The monoisotopic (exact) mass is 360 g/mol. The highest BCUT2D eigenvalue weighted by molar-refractivity contribution is 5.83. The van der Waals surface area contributed by atoms with Gasteiger partial charge in [-0.3, -0.25) is 0 Å². The summed E-state index contributed by atoms with van der Waals surface area (Å²) >= 11 is 0. The molecule has 0 radical (unpaired) electrons. The molecule has 0 unspecified atom stereocenters. The molecule has 2 heteroatoms. The number of aromatic amines is 2. The summed E-state index contributed by atoms with van der Waals surface area (Å²) in [4.78, 5) is 7.16. The highest BCUT2D eigenvalue weighted by Crippen LogP contribution is 2.33. The second-order valence-electron chi connectivity index (χ2n) is 6.85. The number of nitrogens with one attached hydrogen (secondary N) is 2. The van der Waals surface area contributed by atoms with Crippen LogP contribution in [0.4, 0.5) is 0 Å². The maximum absolute atomic E-state index is 3.58. The van der Waals surface area contributed by atoms with Gasteiger partial charge in [0.1, 0.15) is 0 Å². The number of hydrogen-bond acceptors (Lipinski definition) is 0.